The molecule has 3 aliphatic carbocycles. The number of primary amides is 1. The summed E-state index contributed by atoms with van der Waals surface area (Å²) in [6.07, 6.45) is -0.0126. The van der Waals surface area contributed by atoms with E-state index in [1.165, 1.54) is 44.3 Å². The molecule has 0 aliphatic heterocycles. The Labute approximate surface area is 234 Å². The fraction of sp³-hybridized carbons (Fsp3) is 0.379. The van der Waals surface area contributed by atoms with Crippen LogP contribution in [0.3, 0.4) is 0 Å². The van der Waals surface area contributed by atoms with Gasteiger partial charge in [-0.15, -0.1) is 0 Å². The second kappa shape index (κ2) is 9.60. The van der Waals surface area contributed by atoms with Crippen molar-refractivity contribution in [1.29, 1.82) is 0 Å². The normalized spacial score (nSPS) is 29.0. The van der Waals surface area contributed by atoms with Crippen molar-refractivity contribution in [2.45, 2.75) is 24.5 Å². The quantitative estimate of drug-likeness (QED) is 0.219. The second-order valence-electron chi connectivity index (χ2n) is 11.1. The molecule has 2 aromatic carbocycles. The molecule has 2 unspecified atom stereocenters. The number of phenols is 1. The number of amides is 1. The lowest BCUT2D eigenvalue weighted by molar-refractivity contribution is -0.181. The molecule has 6 N–H and O–H groups in total. The van der Waals surface area contributed by atoms with Gasteiger partial charge >= 0.3 is 5.97 Å². The molecule has 0 saturated heterocycles. The van der Waals surface area contributed by atoms with E-state index in [1.807, 2.05) is 0 Å². The number of hydrogen-bond donors (Lipinski definition) is 4. The number of fused-ring (bicyclic) bond motifs is 3. The van der Waals surface area contributed by atoms with Crippen molar-refractivity contribution >= 4 is 40.7 Å². The number of methoxy groups -OCH3 is 1. The van der Waals surface area contributed by atoms with Crippen LogP contribution in [0.1, 0.15) is 32.7 Å². The minimum Gasteiger partial charge on any atom is -0.507 e. The maximum Gasteiger partial charge on any atom is 0.337 e. The molecule has 3 aliphatic rings. The molecule has 41 heavy (non-hydrogen) atoms. The van der Waals surface area contributed by atoms with Gasteiger partial charge in [-0.25, -0.2) is 4.79 Å². The van der Waals surface area contributed by atoms with Crippen LogP contribution in [0.25, 0.3) is 11.1 Å². The Hall–Kier alpha value is -4.42. The second-order valence-corrected chi connectivity index (χ2v) is 11.1. The highest BCUT2D eigenvalue weighted by Crippen LogP contribution is 2.51. The van der Waals surface area contributed by atoms with Crippen molar-refractivity contribution in [2.75, 3.05) is 26.9 Å². The maximum absolute atomic E-state index is 13.9. The largest absolute Gasteiger partial charge is 0.507 e. The molecule has 12 heteroatoms. The number of benzene rings is 2. The van der Waals surface area contributed by atoms with Crippen LogP contribution in [0, 0.1) is 23.7 Å². The van der Waals surface area contributed by atoms with Gasteiger partial charge in [-0.2, -0.15) is 0 Å². The highest BCUT2D eigenvalue weighted by atomic mass is 16.5. The van der Waals surface area contributed by atoms with Gasteiger partial charge in [0.25, 0.3) is 0 Å². The number of nitrogen functional groups attached to an aromatic ring is 1. The van der Waals surface area contributed by atoms with Crippen molar-refractivity contribution in [1.82, 2.24) is 4.90 Å². The van der Waals surface area contributed by atoms with Gasteiger partial charge in [0, 0.05) is 11.6 Å². The number of carbonyl (C=O) groups excluding carboxylic acids is 6. The van der Waals surface area contributed by atoms with Gasteiger partial charge in [0.15, 0.2) is 34.7 Å². The average Bonchev–Trinajstić information content (AvgIpc) is 2.89. The molecule has 0 bridgehead atoms. The number of nitrogens with zero attached hydrogens (tertiary/aromatic N) is 1. The van der Waals surface area contributed by atoms with E-state index in [-0.39, 0.29) is 29.7 Å². The number of rotatable bonds is 4. The first kappa shape index (κ1) is 28.1. The zero-order chi connectivity index (χ0) is 30.1. The van der Waals surface area contributed by atoms with E-state index in [0.717, 1.165) is 0 Å². The van der Waals surface area contributed by atoms with Gasteiger partial charge in [0.2, 0.25) is 5.91 Å². The smallest absolute Gasteiger partial charge is 0.337 e. The van der Waals surface area contributed by atoms with Gasteiger partial charge in [-0.05, 0) is 73.8 Å². The summed E-state index contributed by atoms with van der Waals surface area (Å²) in [4.78, 5) is 80.2. The third-order valence-electron chi connectivity index (χ3n) is 8.63. The Morgan fingerprint density at radius 2 is 1.76 bits per heavy atom. The molecule has 6 atom stereocenters. The molecular formula is C29H29N3O9. The van der Waals surface area contributed by atoms with E-state index >= 15 is 0 Å². The Balaban J connectivity index is 1.66. The lowest BCUT2D eigenvalue weighted by Crippen LogP contribution is -2.74. The number of nitrogens with two attached hydrogens (primary N) is 2. The third kappa shape index (κ3) is 3.97. The SMILES string of the molecule is COC(=O)c1cc(N)cc(-c2ccc(O)c3c2C[C@@H]2C[C@@H]4[C@@H](N(C)C)C(=O)C(C(N)=O)C(=O)[C@]4(O)C(=O)C2C3=O)c1. The summed E-state index contributed by atoms with van der Waals surface area (Å²) < 4.78 is 4.80. The van der Waals surface area contributed by atoms with E-state index < -0.39 is 76.1 Å². The number of ether oxygens (including phenoxy) is 1. The summed E-state index contributed by atoms with van der Waals surface area (Å²) >= 11 is 0. The van der Waals surface area contributed by atoms with Crippen LogP contribution in [0.4, 0.5) is 5.69 Å². The summed E-state index contributed by atoms with van der Waals surface area (Å²) in [6, 6.07) is 6.19. The van der Waals surface area contributed by atoms with E-state index in [2.05, 4.69) is 0 Å². The Morgan fingerprint density at radius 3 is 2.37 bits per heavy atom. The molecule has 2 aromatic rings. The molecule has 0 heterocycles. The Bertz CT molecular complexity index is 1560. The molecule has 0 spiro atoms. The lowest BCUT2D eigenvalue weighted by atomic mass is 9.52. The molecule has 12 nitrogen and oxygen atoms in total. The highest BCUT2D eigenvalue weighted by molar-refractivity contribution is 6.32. The summed E-state index contributed by atoms with van der Waals surface area (Å²) in [5.74, 6) is -11.9. The monoisotopic (exact) mass is 563 g/mol. The number of hydrogen-bond acceptors (Lipinski definition) is 11. The molecule has 214 valence electrons. The predicted molar refractivity (Wildman–Crippen MR) is 143 cm³/mol. The van der Waals surface area contributed by atoms with Crippen molar-refractivity contribution < 1.29 is 43.7 Å². The van der Waals surface area contributed by atoms with Crippen molar-refractivity contribution in [3.63, 3.8) is 0 Å². The van der Waals surface area contributed by atoms with Crippen molar-refractivity contribution in [3.05, 3.63) is 47.0 Å². The fourth-order valence-corrected chi connectivity index (χ4v) is 6.92. The van der Waals surface area contributed by atoms with Crippen LogP contribution in [0.5, 0.6) is 5.75 Å². The Morgan fingerprint density at radius 1 is 1.07 bits per heavy atom. The molecule has 0 radical (unpaired) electrons. The number of esters is 1. The zero-order valence-electron chi connectivity index (χ0n) is 22.5. The standard InChI is InChI=1S/C29H29N3O9/c1-32(2)22-17-10-12-9-16-15(11-6-13(28(39)41-3)8-14(30)7-11)4-5-18(33)20(16)23(34)19(12)25(36)29(17,40)26(37)21(24(22)35)27(31)38/h4-8,12,17,19,21-22,33,40H,9-10,30H2,1-3H3,(H2,31,38)/t12-,17-,19?,21?,22-,29-/m1/s1. The van der Waals surface area contributed by atoms with Gasteiger partial charge in [0.1, 0.15) is 5.75 Å². The summed E-state index contributed by atoms with van der Waals surface area (Å²) in [5, 5.41) is 22.4. The van der Waals surface area contributed by atoms with Gasteiger partial charge in [-0.3, -0.25) is 28.9 Å². The molecule has 0 aromatic heterocycles. The van der Waals surface area contributed by atoms with Gasteiger partial charge in [0.05, 0.1) is 30.2 Å². The first-order valence-electron chi connectivity index (χ1n) is 12.9. The number of anilines is 1. The number of ketones is 4. The number of aromatic hydroxyl groups is 1. The third-order valence-corrected chi connectivity index (χ3v) is 8.63. The summed E-state index contributed by atoms with van der Waals surface area (Å²) in [7, 11) is 4.26. The minimum absolute atomic E-state index is 0.0674. The lowest BCUT2D eigenvalue weighted by Gasteiger charge is -2.52. The fourth-order valence-electron chi connectivity index (χ4n) is 6.92. The van der Waals surface area contributed by atoms with Gasteiger partial charge in [-0.1, -0.05) is 6.07 Å². The number of Topliss-reactive ketones (excluding diaryl/α,β-unsaturated/α-hetero) is 4. The number of likely N-dealkylation sites (N-methyl/N-ethyl adjacent to an activating group) is 1. The Kier molecular flexibility index (Phi) is 6.58. The average molecular weight is 564 g/mol. The molecule has 2 fully saturated rings. The molecule has 5 rings (SSSR count). The summed E-state index contributed by atoms with van der Waals surface area (Å²) in [6.45, 7) is 0. The predicted octanol–water partition coefficient (Wildman–Crippen LogP) is -0.0972. The van der Waals surface area contributed by atoms with Crippen molar-refractivity contribution in [3.8, 4) is 16.9 Å². The van der Waals surface area contributed by atoms with Crippen LogP contribution in [-0.4, -0.2) is 83.0 Å². The topological polar surface area (TPSA) is 207 Å². The van der Waals surface area contributed by atoms with Crippen LogP contribution in [-0.2, 0) is 30.3 Å². The van der Waals surface area contributed by atoms with E-state index in [9.17, 15) is 39.0 Å². The van der Waals surface area contributed by atoms with Crippen molar-refractivity contribution in [2.24, 2.45) is 29.4 Å². The van der Waals surface area contributed by atoms with E-state index in [1.54, 1.807) is 12.1 Å². The number of aliphatic hydroxyl groups is 1. The highest BCUT2D eigenvalue weighted by Gasteiger charge is 2.69. The first-order valence-corrected chi connectivity index (χ1v) is 12.9. The van der Waals surface area contributed by atoms with Crippen LogP contribution < -0.4 is 11.5 Å². The van der Waals surface area contributed by atoms with Gasteiger partial charge < -0.3 is 26.4 Å². The van der Waals surface area contributed by atoms with Crippen LogP contribution in [0.15, 0.2) is 30.3 Å². The van der Waals surface area contributed by atoms with Crippen LogP contribution >= 0.6 is 0 Å². The molecular weight excluding hydrogens is 534 g/mol. The molecule has 2 saturated carbocycles. The number of phenolic OH excluding ortho intramolecular Hbond substituents is 1. The summed E-state index contributed by atoms with van der Waals surface area (Å²) in [5.41, 5.74) is 10.2. The number of carbonyl (C=O) groups is 6. The zero-order valence-corrected chi connectivity index (χ0v) is 22.5. The van der Waals surface area contributed by atoms with E-state index in [0.29, 0.717) is 16.7 Å². The first-order chi connectivity index (χ1) is 19.2. The molecule has 1 amide bonds. The van der Waals surface area contributed by atoms with Crippen LogP contribution in [0.2, 0.25) is 0 Å². The maximum atomic E-state index is 13.9. The minimum atomic E-state index is -2.80. The van der Waals surface area contributed by atoms with E-state index in [4.69, 9.17) is 16.2 Å².